The molecule has 3 fully saturated rings. The summed E-state index contributed by atoms with van der Waals surface area (Å²) in [5.74, 6) is 0.545. The zero-order valence-corrected chi connectivity index (χ0v) is 16.2. The number of nitrogens with zero attached hydrogens (tertiary/aromatic N) is 4. The molecule has 2 saturated heterocycles. The molecule has 0 unspecified atom stereocenters. The predicted octanol–water partition coefficient (Wildman–Crippen LogP) is 1.54. The molecule has 0 aromatic carbocycles. The van der Waals surface area contributed by atoms with Gasteiger partial charge in [0, 0.05) is 52.1 Å². The lowest BCUT2D eigenvalue weighted by Gasteiger charge is -2.48. The van der Waals surface area contributed by atoms with Gasteiger partial charge in [-0.25, -0.2) is 0 Å². The predicted molar refractivity (Wildman–Crippen MR) is 99.8 cm³/mol. The number of methoxy groups -OCH3 is 1. The molecule has 2 amide bonds. The van der Waals surface area contributed by atoms with E-state index in [1.54, 1.807) is 13.3 Å². The smallest absolute Gasteiger partial charge is 0.230 e. The van der Waals surface area contributed by atoms with E-state index in [1.807, 2.05) is 21.8 Å². The summed E-state index contributed by atoms with van der Waals surface area (Å²) in [6, 6.07) is 1.91. The molecule has 0 radical (unpaired) electrons. The SMILES string of the molecule is COCCN1CC2(CCC1=O)CCN(C(=O)C1(Cn3cccn3)CC1)CC2. The Bertz CT molecular complexity index is 675. The Kier molecular flexibility index (Phi) is 4.97. The summed E-state index contributed by atoms with van der Waals surface area (Å²) in [6.07, 6.45) is 9.20. The fraction of sp³-hybridized carbons (Fsp3) is 0.750. The third-order valence-corrected chi connectivity index (χ3v) is 6.76. The molecule has 0 atom stereocenters. The standard InChI is InChI=1S/C20H30N4O3/c1-27-14-13-23-15-19(4-3-17(23)25)7-11-22(12-8-19)18(26)20(5-6-20)16-24-10-2-9-21-24/h2,9-10H,3-8,11-16H2,1H3. The van der Waals surface area contributed by atoms with E-state index in [0.29, 0.717) is 32.0 Å². The summed E-state index contributed by atoms with van der Waals surface area (Å²) in [5, 5.41) is 4.28. The van der Waals surface area contributed by atoms with E-state index < -0.39 is 0 Å². The van der Waals surface area contributed by atoms with Gasteiger partial charge >= 0.3 is 0 Å². The quantitative estimate of drug-likeness (QED) is 0.758. The Hall–Kier alpha value is -1.89. The number of amides is 2. The molecule has 27 heavy (non-hydrogen) atoms. The van der Waals surface area contributed by atoms with Crippen LogP contribution in [0, 0.1) is 10.8 Å². The van der Waals surface area contributed by atoms with Crippen LogP contribution in [-0.4, -0.2) is 71.3 Å². The van der Waals surface area contributed by atoms with Crippen molar-refractivity contribution in [3.8, 4) is 0 Å². The van der Waals surface area contributed by atoms with Crippen molar-refractivity contribution in [1.29, 1.82) is 0 Å². The molecule has 3 heterocycles. The number of hydrogen-bond donors (Lipinski definition) is 0. The first kappa shape index (κ1) is 18.5. The first-order valence-electron chi connectivity index (χ1n) is 10.1. The van der Waals surface area contributed by atoms with Gasteiger partial charge in [-0.2, -0.15) is 5.10 Å². The van der Waals surface area contributed by atoms with E-state index >= 15 is 0 Å². The van der Waals surface area contributed by atoms with E-state index in [1.165, 1.54) is 0 Å². The zero-order chi connectivity index (χ0) is 18.9. The molecule has 2 aliphatic heterocycles. The lowest BCUT2D eigenvalue weighted by atomic mass is 9.72. The highest BCUT2D eigenvalue weighted by Gasteiger charge is 2.53. The third kappa shape index (κ3) is 3.74. The van der Waals surface area contributed by atoms with Crippen molar-refractivity contribution in [2.75, 3.05) is 39.9 Å². The van der Waals surface area contributed by atoms with Crippen molar-refractivity contribution in [2.24, 2.45) is 10.8 Å². The Morgan fingerprint density at radius 1 is 1.22 bits per heavy atom. The first-order valence-corrected chi connectivity index (χ1v) is 10.1. The van der Waals surface area contributed by atoms with Gasteiger partial charge in [-0.3, -0.25) is 14.3 Å². The molecular weight excluding hydrogens is 344 g/mol. The maximum absolute atomic E-state index is 13.1. The molecule has 7 heteroatoms. The zero-order valence-electron chi connectivity index (χ0n) is 16.2. The number of piperidine rings is 2. The number of hydrogen-bond acceptors (Lipinski definition) is 4. The number of aromatic nitrogens is 2. The van der Waals surface area contributed by atoms with Gasteiger partial charge in [-0.1, -0.05) is 0 Å². The molecule has 0 N–H and O–H groups in total. The van der Waals surface area contributed by atoms with Gasteiger partial charge in [0.25, 0.3) is 0 Å². The van der Waals surface area contributed by atoms with E-state index in [4.69, 9.17) is 4.74 Å². The molecule has 1 aliphatic carbocycles. The average molecular weight is 374 g/mol. The van der Waals surface area contributed by atoms with Crippen LogP contribution in [0.5, 0.6) is 0 Å². The molecule has 1 spiro atoms. The maximum Gasteiger partial charge on any atom is 0.230 e. The molecule has 1 aromatic rings. The lowest BCUT2D eigenvalue weighted by Crippen LogP contribution is -2.54. The Morgan fingerprint density at radius 2 is 2.00 bits per heavy atom. The van der Waals surface area contributed by atoms with Gasteiger partial charge in [0.1, 0.15) is 0 Å². The fourth-order valence-corrected chi connectivity index (χ4v) is 4.73. The van der Waals surface area contributed by atoms with E-state index in [-0.39, 0.29) is 16.7 Å². The molecule has 4 rings (SSSR count). The van der Waals surface area contributed by atoms with Crippen LogP contribution < -0.4 is 0 Å². The largest absolute Gasteiger partial charge is 0.383 e. The van der Waals surface area contributed by atoms with Gasteiger partial charge < -0.3 is 14.5 Å². The lowest BCUT2D eigenvalue weighted by molar-refractivity contribution is -0.145. The Morgan fingerprint density at radius 3 is 2.63 bits per heavy atom. The van der Waals surface area contributed by atoms with E-state index in [0.717, 1.165) is 51.7 Å². The van der Waals surface area contributed by atoms with Gasteiger partial charge in [0.05, 0.1) is 18.6 Å². The summed E-state index contributed by atoms with van der Waals surface area (Å²) >= 11 is 0. The van der Waals surface area contributed by atoms with E-state index in [9.17, 15) is 9.59 Å². The molecule has 0 bridgehead atoms. The van der Waals surface area contributed by atoms with Crippen LogP contribution in [0.2, 0.25) is 0 Å². The van der Waals surface area contributed by atoms with Crippen molar-refractivity contribution >= 4 is 11.8 Å². The summed E-state index contributed by atoms with van der Waals surface area (Å²) in [5.41, 5.74) is -0.0549. The minimum atomic E-state index is -0.233. The van der Waals surface area contributed by atoms with Crippen LogP contribution >= 0.6 is 0 Å². The fourth-order valence-electron chi connectivity index (χ4n) is 4.73. The normalized spacial score (nSPS) is 23.7. The van der Waals surface area contributed by atoms with Crippen molar-refractivity contribution in [2.45, 2.75) is 45.1 Å². The topological polar surface area (TPSA) is 67.7 Å². The summed E-state index contributed by atoms with van der Waals surface area (Å²) in [4.78, 5) is 29.4. The van der Waals surface area contributed by atoms with Crippen LogP contribution in [0.1, 0.15) is 38.5 Å². The second-order valence-electron chi connectivity index (χ2n) is 8.58. The second kappa shape index (κ2) is 7.26. The highest BCUT2D eigenvalue weighted by Crippen LogP contribution is 2.50. The Labute approximate surface area is 160 Å². The number of rotatable bonds is 6. The van der Waals surface area contributed by atoms with Crippen molar-refractivity contribution in [3.63, 3.8) is 0 Å². The number of ether oxygens (including phenoxy) is 1. The number of carbonyl (C=O) groups excluding carboxylic acids is 2. The minimum Gasteiger partial charge on any atom is -0.383 e. The van der Waals surface area contributed by atoms with Gasteiger partial charge in [-0.15, -0.1) is 0 Å². The molecule has 7 nitrogen and oxygen atoms in total. The summed E-state index contributed by atoms with van der Waals surface area (Å²) in [6.45, 7) is 4.39. The highest BCUT2D eigenvalue weighted by molar-refractivity contribution is 5.85. The third-order valence-electron chi connectivity index (χ3n) is 6.76. The van der Waals surface area contributed by atoms with E-state index in [2.05, 4.69) is 10.00 Å². The molecule has 1 saturated carbocycles. The number of likely N-dealkylation sites (tertiary alicyclic amines) is 2. The van der Waals surface area contributed by atoms with Gasteiger partial charge in [0.15, 0.2) is 0 Å². The van der Waals surface area contributed by atoms with Gasteiger partial charge in [-0.05, 0) is 43.6 Å². The summed E-state index contributed by atoms with van der Waals surface area (Å²) < 4.78 is 7.04. The van der Waals surface area contributed by atoms with Crippen LogP contribution in [0.25, 0.3) is 0 Å². The maximum atomic E-state index is 13.1. The van der Waals surface area contributed by atoms with Crippen LogP contribution in [-0.2, 0) is 20.9 Å². The van der Waals surface area contributed by atoms with Crippen molar-refractivity contribution < 1.29 is 14.3 Å². The minimum absolute atomic E-state index is 0.178. The van der Waals surface area contributed by atoms with Gasteiger partial charge in [0.2, 0.25) is 11.8 Å². The second-order valence-corrected chi connectivity index (χ2v) is 8.58. The molecule has 1 aromatic heterocycles. The number of carbonyl (C=O) groups is 2. The molecule has 148 valence electrons. The molecular formula is C20H30N4O3. The monoisotopic (exact) mass is 374 g/mol. The van der Waals surface area contributed by atoms with Crippen molar-refractivity contribution in [3.05, 3.63) is 18.5 Å². The van der Waals surface area contributed by atoms with Crippen molar-refractivity contribution in [1.82, 2.24) is 19.6 Å². The average Bonchev–Trinajstić information content (AvgIpc) is 3.28. The Balaban J connectivity index is 1.34. The van der Waals surface area contributed by atoms with Crippen LogP contribution in [0.15, 0.2) is 18.5 Å². The van der Waals surface area contributed by atoms with Crippen LogP contribution in [0.3, 0.4) is 0 Å². The highest BCUT2D eigenvalue weighted by atomic mass is 16.5. The molecule has 3 aliphatic rings. The first-order chi connectivity index (χ1) is 13.1. The van der Waals surface area contributed by atoms with Crippen LogP contribution in [0.4, 0.5) is 0 Å². The summed E-state index contributed by atoms with van der Waals surface area (Å²) in [7, 11) is 1.67.